The zero-order chi connectivity index (χ0) is 19.3. The van der Waals surface area contributed by atoms with Gasteiger partial charge in [0.15, 0.2) is 0 Å². The Morgan fingerprint density at radius 1 is 0.821 bits per heavy atom. The number of H-pyrrole nitrogens is 1. The second kappa shape index (κ2) is 7.75. The molecule has 0 saturated carbocycles. The van der Waals surface area contributed by atoms with E-state index < -0.39 is 11.6 Å². The Hall–Kier alpha value is -3.93. The third-order valence-corrected chi connectivity index (χ3v) is 4.37. The van der Waals surface area contributed by atoms with Crippen molar-refractivity contribution in [2.45, 2.75) is 6.04 Å². The Morgan fingerprint density at radius 2 is 1.32 bits per heavy atom. The minimum Gasteiger partial charge on any atom is -0.338 e. The maximum atomic E-state index is 12.8. The van der Waals surface area contributed by atoms with E-state index in [1.54, 1.807) is 24.3 Å². The quantitative estimate of drug-likeness (QED) is 0.567. The van der Waals surface area contributed by atoms with Gasteiger partial charge in [-0.1, -0.05) is 78.9 Å². The Bertz CT molecular complexity index is 1080. The third-order valence-electron chi connectivity index (χ3n) is 4.37. The van der Waals surface area contributed by atoms with Gasteiger partial charge < -0.3 is 5.32 Å². The number of aromatic amines is 1. The maximum Gasteiger partial charge on any atom is 0.348 e. The predicted molar refractivity (Wildman–Crippen MR) is 106 cm³/mol. The number of hydrogen-bond acceptors (Lipinski definition) is 3. The van der Waals surface area contributed by atoms with Gasteiger partial charge in [-0.15, -0.1) is 5.10 Å². The molecule has 138 valence electrons. The molecule has 3 aromatic carbocycles. The normalized spacial score (nSPS) is 10.8. The van der Waals surface area contributed by atoms with Crippen LogP contribution in [0.5, 0.6) is 0 Å². The number of rotatable bonds is 5. The van der Waals surface area contributed by atoms with E-state index in [-0.39, 0.29) is 11.9 Å². The molecule has 4 rings (SSSR count). The third kappa shape index (κ3) is 3.61. The van der Waals surface area contributed by atoms with Crippen LogP contribution >= 0.6 is 0 Å². The average Bonchev–Trinajstić information content (AvgIpc) is 3.15. The van der Waals surface area contributed by atoms with Crippen molar-refractivity contribution < 1.29 is 4.79 Å². The summed E-state index contributed by atoms with van der Waals surface area (Å²) in [5.74, 6) is -0.491. The fraction of sp³-hybridized carbons (Fsp3) is 0.0455. The van der Waals surface area contributed by atoms with Crippen LogP contribution in [0.3, 0.4) is 0 Å². The van der Waals surface area contributed by atoms with E-state index in [9.17, 15) is 9.59 Å². The molecule has 4 aromatic rings. The molecular formula is C22H18N4O2. The van der Waals surface area contributed by atoms with Crippen molar-refractivity contribution in [1.82, 2.24) is 20.1 Å². The van der Waals surface area contributed by atoms with E-state index in [0.717, 1.165) is 11.1 Å². The van der Waals surface area contributed by atoms with Gasteiger partial charge in [0.25, 0.3) is 5.91 Å². The standard InChI is InChI=1S/C22H18N4O2/c27-21(20-24-22(28)26(25-20)18-14-8-3-9-15-18)23-19(16-10-4-1-5-11-16)17-12-6-2-7-13-17/h1-15,19H,(H,23,27)(H,24,25,28). The van der Waals surface area contributed by atoms with Crippen LogP contribution in [-0.4, -0.2) is 20.7 Å². The first-order valence-corrected chi connectivity index (χ1v) is 8.88. The molecule has 1 aromatic heterocycles. The molecule has 2 N–H and O–H groups in total. The molecule has 1 amide bonds. The van der Waals surface area contributed by atoms with Gasteiger partial charge in [0.05, 0.1) is 11.7 Å². The van der Waals surface area contributed by atoms with E-state index in [1.807, 2.05) is 66.7 Å². The summed E-state index contributed by atoms with van der Waals surface area (Å²) < 4.78 is 1.18. The van der Waals surface area contributed by atoms with Crippen LogP contribution in [0.15, 0.2) is 95.8 Å². The molecule has 6 nitrogen and oxygen atoms in total. The highest BCUT2D eigenvalue weighted by Gasteiger charge is 2.20. The average molecular weight is 370 g/mol. The number of amides is 1. The molecule has 0 saturated heterocycles. The minimum absolute atomic E-state index is 0.0364. The molecule has 0 aliphatic rings. The predicted octanol–water partition coefficient (Wildman–Crippen LogP) is 3.08. The summed E-state index contributed by atoms with van der Waals surface area (Å²) >= 11 is 0. The van der Waals surface area contributed by atoms with Gasteiger partial charge in [0, 0.05) is 0 Å². The lowest BCUT2D eigenvalue weighted by Gasteiger charge is -2.19. The number of para-hydroxylation sites is 1. The van der Waals surface area contributed by atoms with Gasteiger partial charge in [-0.3, -0.25) is 9.78 Å². The van der Waals surface area contributed by atoms with E-state index in [2.05, 4.69) is 15.4 Å². The van der Waals surface area contributed by atoms with Crippen LogP contribution in [0, 0.1) is 0 Å². The molecule has 1 heterocycles. The van der Waals surface area contributed by atoms with Crippen molar-refractivity contribution in [2.75, 3.05) is 0 Å². The van der Waals surface area contributed by atoms with Gasteiger partial charge in [-0.05, 0) is 23.3 Å². The summed E-state index contributed by atoms with van der Waals surface area (Å²) in [6, 6.07) is 27.9. The molecule has 28 heavy (non-hydrogen) atoms. The molecule has 0 aliphatic carbocycles. The molecule has 0 spiro atoms. The fourth-order valence-electron chi connectivity index (χ4n) is 3.02. The molecule has 0 unspecified atom stereocenters. The molecular weight excluding hydrogens is 352 g/mol. The summed E-state index contributed by atoms with van der Waals surface area (Å²) in [6.07, 6.45) is 0. The number of hydrogen-bond donors (Lipinski definition) is 2. The van der Waals surface area contributed by atoms with E-state index in [4.69, 9.17) is 0 Å². The van der Waals surface area contributed by atoms with Gasteiger partial charge in [-0.25, -0.2) is 4.79 Å². The molecule has 0 radical (unpaired) electrons. The van der Waals surface area contributed by atoms with Crippen LogP contribution in [0.1, 0.15) is 27.8 Å². The summed E-state index contributed by atoms with van der Waals surface area (Å²) in [7, 11) is 0. The Kier molecular flexibility index (Phi) is 4.84. The molecule has 0 bridgehead atoms. The summed E-state index contributed by atoms with van der Waals surface area (Å²) in [5, 5.41) is 7.13. The molecule has 0 aliphatic heterocycles. The number of nitrogens with zero attached hydrogens (tertiary/aromatic N) is 2. The van der Waals surface area contributed by atoms with Crippen molar-refractivity contribution >= 4 is 5.91 Å². The summed E-state index contributed by atoms with van der Waals surface area (Å²) in [5.41, 5.74) is 2.00. The second-order valence-corrected chi connectivity index (χ2v) is 6.25. The van der Waals surface area contributed by atoms with Crippen LogP contribution in [0.4, 0.5) is 0 Å². The molecule has 0 atom stereocenters. The first-order valence-electron chi connectivity index (χ1n) is 8.88. The van der Waals surface area contributed by atoms with Gasteiger partial charge >= 0.3 is 5.69 Å². The smallest absolute Gasteiger partial charge is 0.338 e. The Labute approximate surface area is 161 Å². The van der Waals surface area contributed by atoms with Gasteiger partial charge in [-0.2, -0.15) is 4.68 Å². The highest BCUT2D eigenvalue weighted by Crippen LogP contribution is 2.22. The SMILES string of the molecule is O=C(NC(c1ccccc1)c1ccccc1)c1nn(-c2ccccc2)c(=O)[nH]1. The first kappa shape index (κ1) is 17.5. The van der Waals surface area contributed by atoms with Crippen LogP contribution in [0.25, 0.3) is 5.69 Å². The van der Waals surface area contributed by atoms with Crippen molar-refractivity contribution in [2.24, 2.45) is 0 Å². The largest absolute Gasteiger partial charge is 0.348 e. The molecule has 6 heteroatoms. The van der Waals surface area contributed by atoms with Crippen LogP contribution in [-0.2, 0) is 0 Å². The zero-order valence-electron chi connectivity index (χ0n) is 14.9. The summed E-state index contributed by atoms with van der Waals surface area (Å²) in [6.45, 7) is 0. The lowest BCUT2D eigenvalue weighted by molar-refractivity contribution is 0.0932. The van der Waals surface area contributed by atoms with E-state index >= 15 is 0 Å². The van der Waals surface area contributed by atoms with Crippen LogP contribution in [0.2, 0.25) is 0 Å². The second-order valence-electron chi connectivity index (χ2n) is 6.25. The summed E-state index contributed by atoms with van der Waals surface area (Å²) in [4.78, 5) is 27.6. The number of benzene rings is 3. The first-order chi connectivity index (χ1) is 13.7. The maximum absolute atomic E-state index is 12.8. The molecule has 0 fully saturated rings. The highest BCUT2D eigenvalue weighted by atomic mass is 16.2. The van der Waals surface area contributed by atoms with Gasteiger partial charge in [0.2, 0.25) is 5.82 Å². The zero-order valence-corrected chi connectivity index (χ0v) is 14.9. The van der Waals surface area contributed by atoms with Crippen LogP contribution < -0.4 is 11.0 Å². The van der Waals surface area contributed by atoms with Crippen molar-refractivity contribution in [1.29, 1.82) is 0 Å². The lowest BCUT2D eigenvalue weighted by atomic mass is 9.99. The number of aromatic nitrogens is 3. The van der Waals surface area contributed by atoms with E-state index in [0.29, 0.717) is 5.69 Å². The fourth-order valence-corrected chi connectivity index (χ4v) is 3.02. The lowest BCUT2D eigenvalue weighted by Crippen LogP contribution is -2.30. The van der Waals surface area contributed by atoms with Crippen molar-refractivity contribution in [3.63, 3.8) is 0 Å². The minimum atomic E-state index is -0.465. The number of nitrogens with one attached hydrogen (secondary N) is 2. The number of carbonyl (C=O) groups is 1. The topological polar surface area (TPSA) is 79.8 Å². The highest BCUT2D eigenvalue weighted by molar-refractivity contribution is 5.90. The van der Waals surface area contributed by atoms with Crippen molar-refractivity contribution in [3.8, 4) is 5.69 Å². The number of carbonyl (C=O) groups excluding carboxylic acids is 1. The Balaban J connectivity index is 1.65. The Morgan fingerprint density at radius 3 is 1.86 bits per heavy atom. The van der Waals surface area contributed by atoms with Crippen molar-refractivity contribution in [3.05, 3.63) is 118 Å². The van der Waals surface area contributed by atoms with Gasteiger partial charge in [0.1, 0.15) is 0 Å². The van der Waals surface area contributed by atoms with E-state index in [1.165, 1.54) is 4.68 Å². The monoisotopic (exact) mass is 370 g/mol.